The molecule has 2 amide bonds. The molecule has 0 saturated carbocycles. The maximum absolute atomic E-state index is 12.9. The third-order valence-corrected chi connectivity index (χ3v) is 5.48. The largest absolute Gasteiger partial charge is 0.353 e. The second-order valence-corrected chi connectivity index (χ2v) is 7.00. The molecule has 2 fully saturated rings. The van der Waals surface area contributed by atoms with E-state index in [4.69, 9.17) is 0 Å². The predicted molar refractivity (Wildman–Crippen MR) is 94.8 cm³/mol. The molecular formula is C20H20N2O3. The summed E-state index contributed by atoms with van der Waals surface area (Å²) in [6.45, 7) is 7.34. The van der Waals surface area contributed by atoms with Crippen molar-refractivity contribution >= 4 is 29.4 Å². The van der Waals surface area contributed by atoms with E-state index in [0.717, 1.165) is 16.8 Å². The van der Waals surface area contributed by atoms with Crippen LogP contribution in [0.1, 0.15) is 18.1 Å². The first-order valence-corrected chi connectivity index (χ1v) is 8.49. The van der Waals surface area contributed by atoms with Crippen molar-refractivity contribution in [2.45, 2.75) is 25.9 Å². The lowest BCUT2D eigenvalue weighted by Crippen LogP contribution is -2.48. The molecule has 3 heterocycles. The summed E-state index contributed by atoms with van der Waals surface area (Å²) < 4.78 is 0. The van der Waals surface area contributed by atoms with E-state index in [9.17, 15) is 14.4 Å². The normalized spacial score (nSPS) is 29.5. The Morgan fingerprint density at radius 3 is 2.64 bits per heavy atom. The van der Waals surface area contributed by atoms with E-state index in [1.54, 1.807) is 6.08 Å². The van der Waals surface area contributed by atoms with Crippen LogP contribution < -0.4 is 4.90 Å². The summed E-state index contributed by atoms with van der Waals surface area (Å²) in [6, 6.07) is 5.16. The molecular weight excluding hydrogens is 316 g/mol. The molecule has 5 heteroatoms. The smallest absolute Gasteiger partial charge is 0.236 e. The van der Waals surface area contributed by atoms with Gasteiger partial charge in [-0.05, 0) is 31.5 Å². The maximum atomic E-state index is 12.9. The van der Waals surface area contributed by atoms with Crippen LogP contribution in [0.15, 0.2) is 36.9 Å². The van der Waals surface area contributed by atoms with Crippen LogP contribution in [0.2, 0.25) is 0 Å². The minimum Gasteiger partial charge on any atom is -0.353 e. The summed E-state index contributed by atoms with van der Waals surface area (Å²) in [6.07, 6.45) is 5.51. The van der Waals surface area contributed by atoms with Gasteiger partial charge in [-0.25, -0.2) is 0 Å². The summed E-state index contributed by atoms with van der Waals surface area (Å²) in [4.78, 5) is 41.4. The van der Waals surface area contributed by atoms with Crippen LogP contribution in [-0.4, -0.2) is 41.1 Å². The highest BCUT2D eigenvalue weighted by Crippen LogP contribution is 2.48. The van der Waals surface area contributed by atoms with Gasteiger partial charge in [0.2, 0.25) is 11.8 Å². The fourth-order valence-corrected chi connectivity index (χ4v) is 4.52. The highest BCUT2D eigenvalue weighted by Gasteiger charge is 2.63. The van der Waals surface area contributed by atoms with Crippen LogP contribution in [0, 0.1) is 18.8 Å². The molecule has 0 aromatic heterocycles. The number of nitrogens with zero attached hydrogens (tertiary/aromatic N) is 2. The van der Waals surface area contributed by atoms with Crippen molar-refractivity contribution in [3.8, 4) is 0 Å². The van der Waals surface area contributed by atoms with Gasteiger partial charge in [-0.15, -0.1) is 6.58 Å². The number of Topliss-reactive ketones (excluding diaryl/α,β-unsaturated/α-hetero) is 1. The summed E-state index contributed by atoms with van der Waals surface area (Å²) in [5.74, 6) is -1.67. The van der Waals surface area contributed by atoms with Crippen LogP contribution in [0.3, 0.4) is 0 Å². The molecule has 0 bridgehead atoms. The SMILES string of the molecule is C=CCN1C(=O)[C@@H]2[C@H](C1=O)[C@@H](C(C)=O)N1c3ccc(C)cc3C=C[C@H]21. The van der Waals surface area contributed by atoms with E-state index in [1.807, 2.05) is 36.1 Å². The summed E-state index contributed by atoms with van der Waals surface area (Å²) in [7, 11) is 0. The fourth-order valence-electron chi connectivity index (χ4n) is 4.52. The number of carbonyl (C=O) groups excluding carboxylic acids is 3. The van der Waals surface area contributed by atoms with Crippen molar-refractivity contribution in [2.24, 2.45) is 11.8 Å². The molecule has 1 aromatic carbocycles. The standard InChI is InChI=1S/C20H20N2O3/c1-4-9-21-19(24)16-15-8-6-13-10-11(2)5-7-14(13)22(15)18(12(3)23)17(16)20(21)25/h4-8,10,15-18H,1,9H2,2-3H3/t15-,16+,17+,18-/m1/s1. The number of anilines is 1. The quantitative estimate of drug-likeness (QED) is 0.625. The lowest BCUT2D eigenvalue weighted by atomic mass is 9.88. The molecule has 0 N–H and O–H groups in total. The van der Waals surface area contributed by atoms with E-state index in [2.05, 4.69) is 12.6 Å². The third-order valence-electron chi connectivity index (χ3n) is 5.48. The topological polar surface area (TPSA) is 57.7 Å². The van der Waals surface area contributed by atoms with Gasteiger partial charge >= 0.3 is 0 Å². The van der Waals surface area contributed by atoms with Crippen molar-refractivity contribution < 1.29 is 14.4 Å². The van der Waals surface area contributed by atoms with Crippen LogP contribution >= 0.6 is 0 Å². The van der Waals surface area contributed by atoms with Gasteiger partial charge in [-0.3, -0.25) is 19.3 Å². The number of likely N-dealkylation sites (tertiary alicyclic amines) is 1. The van der Waals surface area contributed by atoms with E-state index in [-0.39, 0.29) is 30.2 Å². The monoisotopic (exact) mass is 336 g/mol. The minimum atomic E-state index is -0.619. The fraction of sp³-hybridized carbons (Fsp3) is 0.350. The van der Waals surface area contributed by atoms with Crippen molar-refractivity contribution in [3.05, 3.63) is 48.1 Å². The van der Waals surface area contributed by atoms with Crippen molar-refractivity contribution in [1.29, 1.82) is 0 Å². The van der Waals surface area contributed by atoms with E-state index in [1.165, 1.54) is 11.8 Å². The van der Waals surface area contributed by atoms with E-state index in [0.29, 0.717) is 0 Å². The van der Waals surface area contributed by atoms with Gasteiger partial charge in [0.05, 0.1) is 17.9 Å². The molecule has 0 spiro atoms. The molecule has 3 aliphatic heterocycles. The average molecular weight is 336 g/mol. The lowest BCUT2D eigenvalue weighted by Gasteiger charge is -2.36. The van der Waals surface area contributed by atoms with Crippen LogP contribution in [0.25, 0.3) is 6.08 Å². The molecule has 4 rings (SSSR count). The van der Waals surface area contributed by atoms with E-state index >= 15 is 0 Å². The molecule has 5 nitrogen and oxygen atoms in total. The summed E-state index contributed by atoms with van der Waals surface area (Å²) >= 11 is 0. The Bertz CT molecular complexity index is 841. The number of rotatable bonds is 3. The number of hydrogen-bond donors (Lipinski definition) is 0. The number of imide groups is 1. The molecule has 0 aliphatic carbocycles. The van der Waals surface area contributed by atoms with Gasteiger partial charge in [0, 0.05) is 12.2 Å². The lowest BCUT2D eigenvalue weighted by molar-refractivity contribution is -0.140. The second-order valence-electron chi connectivity index (χ2n) is 7.00. The minimum absolute atomic E-state index is 0.0825. The van der Waals surface area contributed by atoms with E-state index < -0.39 is 17.9 Å². The number of ketones is 1. The first-order chi connectivity index (χ1) is 12.0. The summed E-state index contributed by atoms with van der Waals surface area (Å²) in [5, 5.41) is 0. The zero-order valence-corrected chi connectivity index (χ0v) is 14.3. The molecule has 0 unspecified atom stereocenters. The highest BCUT2D eigenvalue weighted by atomic mass is 16.2. The van der Waals surface area contributed by atoms with Crippen molar-refractivity contribution in [3.63, 3.8) is 0 Å². The zero-order valence-electron chi connectivity index (χ0n) is 14.3. The Labute approximate surface area is 146 Å². The molecule has 25 heavy (non-hydrogen) atoms. The molecule has 4 atom stereocenters. The number of amides is 2. The Kier molecular flexibility index (Phi) is 3.42. The Balaban J connectivity index is 1.85. The third kappa shape index (κ3) is 2.05. The number of benzene rings is 1. The molecule has 128 valence electrons. The van der Waals surface area contributed by atoms with Crippen molar-refractivity contribution in [1.82, 2.24) is 4.90 Å². The Morgan fingerprint density at radius 1 is 1.24 bits per heavy atom. The maximum Gasteiger partial charge on any atom is 0.236 e. The van der Waals surface area contributed by atoms with Crippen LogP contribution in [0.4, 0.5) is 5.69 Å². The Hall–Kier alpha value is -2.69. The van der Waals surface area contributed by atoms with Gasteiger partial charge in [-0.2, -0.15) is 0 Å². The number of aryl methyl sites for hydroxylation is 1. The second kappa shape index (κ2) is 5.41. The Morgan fingerprint density at radius 2 is 1.96 bits per heavy atom. The van der Waals surface area contributed by atoms with Gasteiger partial charge in [-0.1, -0.05) is 29.9 Å². The van der Waals surface area contributed by atoms with Crippen molar-refractivity contribution in [2.75, 3.05) is 11.4 Å². The first-order valence-electron chi connectivity index (χ1n) is 8.49. The number of carbonyl (C=O) groups is 3. The molecule has 3 aliphatic rings. The molecule has 0 radical (unpaired) electrons. The highest BCUT2D eigenvalue weighted by molar-refractivity contribution is 6.11. The van der Waals surface area contributed by atoms with Gasteiger partial charge in [0.25, 0.3) is 0 Å². The van der Waals surface area contributed by atoms with Gasteiger partial charge in [0.15, 0.2) is 5.78 Å². The van der Waals surface area contributed by atoms with Crippen LogP contribution in [0.5, 0.6) is 0 Å². The zero-order chi connectivity index (χ0) is 17.9. The predicted octanol–water partition coefficient (Wildman–Crippen LogP) is 1.96. The average Bonchev–Trinajstić information content (AvgIpc) is 3.04. The number of fused-ring (bicyclic) bond motifs is 5. The molecule has 2 saturated heterocycles. The first kappa shape index (κ1) is 15.8. The number of hydrogen-bond acceptors (Lipinski definition) is 4. The molecule has 1 aromatic rings. The van der Waals surface area contributed by atoms with Gasteiger partial charge < -0.3 is 4.90 Å². The van der Waals surface area contributed by atoms with Crippen LogP contribution in [-0.2, 0) is 14.4 Å². The summed E-state index contributed by atoms with van der Waals surface area (Å²) in [5.41, 5.74) is 3.07. The van der Waals surface area contributed by atoms with Gasteiger partial charge in [0.1, 0.15) is 6.04 Å².